The van der Waals surface area contributed by atoms with Gasteiger partial charge in [0.15, 0.2) is 0 Å². The molecule has 0 bridgehead atoms. The van der Waals surface area contributed by atoms with Crippen molar-refractivity contribution in [3.8, 4) is 0 Å². The van der Waals surface area contributed by atoms with Gasteiger partial charge in [0.1, 0.15) is 5.69 Å². The third kappa shape index (κ3) is 6.13. The molecule has 0 atom stereocenters. The van der Waals surface area contributed by atoms with Gasteiger partial charge in [-0.1, -0.05) is 12.1 Å². The smallest absolute Gasteiger partial charge is 0.322 e. The second-order valence-corrected chi connectivity index (χ2v) is 7.05. The van der Waals surface area contributed by atoms with Crippen LogP contribution in [0.2, 0.25) is 0 Å². The van der Waals surface area contributed by atoms with Gasteiger partial charge >= 0.3 is 12.4 Å². The molecule has 0 saturated carbocycles. The van der Waals surface area contributed by atoms with Crippen molar-refractivity contribution in [1.82, 2.24) is 0 Å². The molecule has 0 unspecified atom stereocenters. The fourth-order valence-corrected chi connectivity index (χ4v) is 2.94. The number of nitro benzene ring substituents is 1. The zero-order valence-electron chi connectivity index (χ0n) is 17.2. The third-order valence-corrected chi connectivity index (χ3v) is 4.60. The fraction of sp³-hybridized carbons (Fsp3) is 0.0909. The average Bonchev–Trinajstić information content (AvgIpc) is 2.78. The number of nitrogens with one attached hydrogen (secondary N) is 2. The van der Waals surface area contributed by atoms with Crippen LogP contribution < -0.4 is 10.6 Å². The van der Waals surface area contributed by atoms with Gasteiger partial charge in [-0.3, -0.25) is 19.7 Å². The molecule has 35 heavy (non-hydrogen) atoms. The van der Waals surface area contributed by atoms with Gasteiger partial charge in [0.05, 0.1) is 16.1 Å². The normalized spacial score (nSPS) is 11.6. The summed E-state index contributed by atoms with van der Waals surface area (Å²) in [5.41, 5.74) is -4.19. The molecule has 0 spiro atoms. The quantitative estimate of drug-likeness (QED) is 0.251. The molecular weight excluding hydrogens is 484 g/mol. The lowest BCUT2D eigenvalue weighted by Gasteiger charge is -2.12. The van der Waals surface area contributed by atoms with Crippen LogP contribution in [0.1, 0.15) is 31.8 Å². The summed E-state index contributed by atoms with van der Waals surface area (Å²) >= 11 is 0. The zero-order chi connectivity index (χ0) is 26.0. The lowest BCUT2D eigenvalue weighted by atomic mass is 10.1. The number of amides is 2. The molecule has 0 saturated heterocycles. The highest BCUT2D eigenvalue weighted by Crippen LogP contribution is 2.32. The van der Waals surface area contributed by atoms with E-state index in [4.69, 9.17) is 0 Å². The predicted molar refractivity (Wildman–Crippen MR) is 112 cm³/mol. The van der Waals surface area contributed by atoms with Gasteiger partial charge in [-0.2, -0.15) is 26.3 Å². The van der Waals surface area contributed by atoms with E-state index in [2.05, 4.69) is 10.6 Å². The Morgan fingerprint density at radius 1 is 0.714 bits per heavy atom. The number of benzene rings is 3. The van der Waals surface area contributed by atoms with Gasteiger partial charge in [0.2, 0.25) is 0 Å². The first-order valence-electron chi connectivity index (χ1n) is 9.51. The third-order valence-electron chi connectivity index (χ3n) is 4.60. The Morgan fingerprint density at radius 2 is 1.20 bits per heavy atom. The van der Waals surface area contributed by atoms with Crippen LogP contribution in [0.4, 0.5) is 43.4 Å². The van der Waals surface area contributed by atoms with Crippen molar-refractivity contribution in [3.05, 3.63) is 99.1 Å². The van der Waals surface area contributed by atoms with Gasteiger partial charge in [0.25, 0.3) is 17.5 Å². The lowest BCUT2D eigenvalue weighted by Crippen LogP contribution is -2.16. The average molecular weight is 497 g/mol. The number of carbonyl (C=O) groups excluding carboxylic acids is 2. The summed E-state index contributed by atoms with van der Waals surface area (Å²) < 4.78 is 77.4. The largest absolute Gasteiger partial charge is 0.416 e. The number of anilines is 2. The molecule has 3 aromatic rings. The SMILES string of the molecule is O=C(Nc1ccc([N+](=O)[O-])c(NC(=O)c2cccc(C(F)(F)F)c2)c1)c1cccc(C(F)(F)F)c1. The van der Waals surface area contributed by atoms with Gasteiger partial charge in [-0.15, -0.1) is 0 Å². The Bertz CT molecular complexity index is 1300. The summed E-state index contributed by atoms with van der Waals surface area (Å²) in [5, 5.41) is 15.7. The van der Waals surface area contributed by atoms with Crippen LogP contribution in [-0.2, 0) is 12.4 Å². The topological polar surface area (TPSA) is 101 Å². The monoisotopic (exact) mass is 497 g/mol. The lowest BCUT2D eigenvalue weighted by molar-refractivity contribution is -0.383. The van der Waals surface area contributed by atoms with Gasteiger partial charge < -0.3 is 10.6 Å². The van der Waals surface area contributed by atoms with Crippen LogP contribution in [-0.4, -0.2) is 16.7 Å². The molecule has 0 heterocycles. The Balaban J connectivity index is 1.87. The molecule has 182 valence electrons. The molecule has 0 aliphatic carbocycles. The maximum Gasteiger partial charge on any atom is 0.416 e. The van der Waals surface area contributed by atoms with Crippen molar-refractivity contribution < 1.29 is 40.9 Å². The van der Waals surface area contributed by atoms with Crippen LogP contribution >= 0.6 is 0 Å². The minimum Gasteiger partial charge on any atom is -0.322 e. The summed E-state index contributed by atoms with van der Waals surface area (Å²) in [7, 11) is 0. The van der Waals surface area contributed by atoms with Gasteiger partial charge in [0, 0.05) is 22.9 Å². The maximum atomic E-state index is 12.9. The van der Waals surface area contributed by atoms with Gasteiger partial charge in [-0.05, 0) is 48.5 Å². The summed E-state index contributed by atoms with van der Waals surface area (Å²) in [6, 6.07) is 9.79. The molecule has 13 heteroatoms. The van der Waals surface area contributed by atoms with Crippen LogP contribution in [0.5, 0.6) is 0 Å². The maximum absolute atomic E-state index is 12.9. The Kier molecular flexibility index (Phi) is 6.80. The summed E-state index contributed by atoms with van der Waals surface area (Å²) in [6.45, 7) is 0. The Morgan fingerprint density at radius 3 is 1.66 bits per heavy atom. The fourth-order valence-electron chi connectivity index (χ4n) is 2.94. The minimum absolute atomic E-state index is 0.127. The van der Waals surface area contributed by atoms with E-state index in [1.165, 1.54) is 0 Å². The number of rotatable bonds is 5. The van der Waals surface area contributed by atoms with Crippen LogP contribution in [0.15, 0.2) is 66.7 Å². The summed E-state index contributed by atoms with van der Waals surface area (Å²) in [6.07, 6.45) is -9.42. The first kappa shape index (κ1) is 25.2. The number of hydrogen-bond acceptors (Lipinski definition) is 4. The van der Waals surface area contributed by atoms with Crippen molar-refractivity contribution in [2.24, 2.45) is 0 Å². The Hall–Kier alpha value is -4.42. The number of carbonyl (C=O) groups is 2. The number of halogens is 6. The van der Waals surface area contributed by atoms with Crippen LogP contribution in [0.3, 0.4) is 0 Å². The molecule has 3 rings (SSSR count). The van der Waals surface area contributed by atoms with Crippen LogP contribution in [0, 0.1) is 10.1 Å². The van der Waals surface area contributed by atoms with E-state index in [-0.39, 0.29) is 11.3 Å². The van der Waals surface area contributed by atoms with Crippen molar-refractivity contribution in [1.29, 1.82) is 0 Å². The van der Waals surface area contributed by atoms with Crippen LogP contribution in [0.25, 0.3) is 0 Å². The molecule has 2 amide bonds. The molecule has 2 N–H and O–H groups in total. The van der Waals surface area contributed by atoms with Crippen molar-refractivity contribution in [3.63, 3.8) is 0 Å². The van der Waals surface area contributed by atoms with Crippen molar-refractivity contribution >= 4 is 28.9 Å². The number of nitrogens with zero attached hydrogens (tertiary/aromatic N) is 1. The molecule has 0 fully saturated rings. The van der Waals surface area contributed by atoms with Crippen molar-refractivity contribution in [2.75, 3.05) is 10.6 Å². The molecular formula is C22H13F6N3O4. The molecule has 0 aliphatic heterocycles. The van der Waals surface area contributed by atoms with E-state index in [0.717, 1.165) is 54.6 Å². The first-order chi connectivity index (χ1) is 16.3. The van der Waals surface area contributed by atoms with E-state index in [9.17, 15) is 46.0 Å². The molecule has 0 aliphatic rings. The number of nitro groups is 1. The van der Waals surface area contributed by atoms with E-state index in [1.54, 1.807) is 0 Å². The molecule has 7 nitrogen and oxygen atoms in total. The Labute approximate surface area is 192 Å². The highest BCUT2D eigenvalue weighted by molar-refractivity contribution is 6.07. The standard InChI is InChI=1S/C22H13F6N3O4/c23-21(24,25)14-5-1-3-12(9-14)19(32)29-16-7-8-18(31(34)35)17(11-16)30-20(33)13-4-2-6-15(10-13)22(26,27)28/h1-11H,(H,29,32)(H,30,33). The van der Waals surface area contributed by atoms with E-state index in [0.29, 0.717) is 12.1 Å². The van der Waals surface area contributed by atoms with Gasteiger partial charge in [-0.25, -0.2) is 0 Å². The van der Waals surface area contributed by atoms with E-state index < -0.39 is 57.2 Å². The predicted octanol–water partition coefficient (Wildman–Crippen LogP) is 6.14. The number of alkyl halides is 6. The molecule has 0 aromatic heterocycles. The zero-order valence-corrected chi connectivity index (χ0v) is 17.2. The summed E-state index contributed by atoms with van der Waals surface area (Å²) in [5.74, 6) is -2.07. The first-order valence-corrected chi connectivity index (χ1v) is 9.51. The van der Waals surface area contributed by atoms with E-state index in [1.807, 2.05) is 0 Å². The summed E-state index contributed by atoms with van der Waals surface area (Å²) in [4.78, 5) is 35.3. The minimum atomic E-state index is -4.73. The van der Waals surface area contributed by atoms with E-state index >= 15 is 0 Å². The second kappa shape index (κ2) is 9.44. The second-order valence-electron chi connectivity index (χ2n) is 7.05. The van der Waals surface area contributed by atoms with Crippen molar-refractivity contribution in [2.45, 2.75) is 12.4 Å². The number of hydrogen-bond donors (Lipinski definition) is 2. The molecule has 3 aromatic carbocycles. The molecule has 0 radical (unpaired) electrons. The highest BCUT2D eigenvalue weighted by atomic mass is 19.4. The highest BCUT2D eigenvalue weighted by Gasteiger charge is 2.32.